The molecule has 2 aromatic carbocycles. The number of amides is 1. The molecular weight excluding hydrogens is 441 g/mol. The van der Waals surface area contributed by atoms with Crippen LogP contribution in [-0.2, 0) is 4.74 Å². The van der Waals surface area contributed by atoms with Crippen LogP contribution in [0.15, 0.2) is 46.9 Å². The monoisotopic (exact) mass is 459 g/mol. The van der Waals surface area contributed by atoms with Gasteiger partial charge in [-0.25, -0.2) is 4.79 Å². The van der Waals surface area contributed by atoms with Gasteiger partial charge in [0, 0.05) is 14.5 Å². The molecule has 0 aliphatic rings. The van der Waals surface area contributed by atoms with Crippen molar-refractivity contribution in [2.45, 2.75) is 38.5 Å². The highest BCUT2D eigenvalue weighted by Gasteiger charge is 2.28. The first-order valence-corrected chi connectivity index (χ1v) is 9.50. The van der Waals surface area contributed by atoms with Crippen molar-refractivity contribution in [1.29, 1.82) is 0 Å². The number of aliphatic hydroxyl groups excluding tert-OH is 1. The van der Waals surface area contributed by atoms with Crippen LogP contribution < -0.4 is 5.32 Å². The summed E-state index contributed by atoms with van der Waals surface area (Å²) in [5.41, 5.74) is 0.570. The number of ether oxygens (including phenoxy) is 1. The predicted octanol–water partition coefficient (Wildman–Crippen LogP) is 6.06. The molecule has 2 atom stereocenters. The lowest BCUT2D eigenvalue weighted by Gasteiger charge is -2.28. The van der Waals surface area contributed by atoms with Crippen LogP contribution in [0, 0.1) is 0 Å². The third-order valence-corrected chi connectivity index (χ3v) is 4.63. The lowest BCUT2D eigenvalue weighted by Crippen LogP contribution is -2.37. The molecule has 2 aromatic rings. The SMILES string of the molecule is CC(C)(C)OC(=O)N[C@H](c1ccc(Cl)cc1Br)[C@H](O)c1cccc(Cl)c1. The summed E-state index contributed by atoms with van der Waals surface area (Å²) in [6, 6.07) is 11.2. The lowest BCUT2D eigenvalue weighted by molar-refractivity contribution is 0.0419. The first kappa shape index (κ1) is 21.0. The van der Waals surface area contributed by atoms with Gasteiger partial charge in [-0.15, -0.1) is 0 Å². The number of carbonyl (C=O) groups is 1. The number of benzene rings is 2. The molecule has 2 rings (SSSR count). The highest BCUT2D eigenvalue weighted by Crippen LogP contribution is 2.35. The van der Waals surface area contributed by atoms with Gasteiger partial charge in [0.15, 0.2) is 0 Å². The maximum Gasteiger partial charge on any atom is 0.408 e. The molecule has 0 aliphatic heterocycles. The summed E-state index contributed by atoms with van der Waals surface area (Å²) in [4.78, 5) is 12.3. The molecule has 2 N–H and O–H groups in total. The Balaban J connectivity index is 2.39. The fourth-order valence-electron chi connectivity index (χ4n) is 2.40. The van der Waals surface area contributed by atoms with Gasteiger partial charge in [-0.1, -0.05) is 57.3 Å². The smallest absolute Gasteiger partial charge is 0.408 e. The van der Waals surface area contributed by atoms with Crippen LogP contribution in [0.2, 0.25) is 10.0 Å². The minimum absolute atomic E-state index is 0.493. The Hall–Kier alpha value is -1.27. The van der Waals surface area contributed by atoms with E-state index < -0.39 is 23.8 Å². The number of aliphatic hydroxyl groups is 1. The first-order valence-electron chi connectivity index (χ1n) is 7.95. The molecule has 0 fully saturated rings. The molecule has 7 heteroatoms. The van der Waals surface area contributed by atoms with E-state index in [9.17, 15) is 9.90 Å². The van der Waals surface area contributed by atoms with Gasteiger partial charge in [0.05, 0.1) is 6.04 Å². The molecule has 0 aliphatic carbocycles. The highest BCUT2D eigenvalue weighted by molar-refractivity contribution is 9.10. The fraction of sp³-hybridized carbons (Fsp3) is 0.316. The number of hydrogen-bond donors (Lipinski definition) is 2. The van der Waals surface area contributed by atoms with Crippen LogP contribution in [0.5, 0.6) is 0 Å². The van der Waals surface area contributed by atoms with Gasteiger partial charge < -0.3 is 15.2 Å². The number of carbonyl (C=O) groups excluding carboxylic acids is 1. The second-order valence-electron chi connectivity index (χ2n) is 6.79. The van der Waals surface area contributed by atoms with Crippen LogP contribution in [0.1, 0.15) is 44.0 Å². The Kier molecular flexibility index (Phi) is 6.97. The van der Waals surface area contributed by atoms with Crippen molar-refractivity contribution in [2.75, 3.05) is 0 Å². The average Bonchev–Trinajstić information content (AvgIpc) is 2.51. The number of alkyl carbamates (subject to hydrolysis) is 1. The van der Waals surface area contributed by atoms with Gasteiger partial charge in [-0.2, -0.15) is 0 Å². The summed E-state index contributed by atoms with van der Waals surface area (Å²) >= 11 is 15.5. The Morgan fingerprint density at radius 3 is 2.38 bits per heavy atom. The molecule has 0 unspecified atom stereocenters. The summed E-state index contributed by atoms with van der Waals surface area (Å²) in [7, 11) is 0. The van der Waals surface area contributed by atoms with Crippen LogP contribution in [0.4, 0.5) is 4.79 Å². The van der Waals surface area contributed by atoms with Crippen LogP contribution in [-0.4, -0.2) is 16.8 Å². The number of rotatable bonds is 4. The molecule has 0 heterocycles. The standard InChI is InChI=1S/C19H20BrCl2NO3/c1-19(2,3)26-18(25)23-16(14-8-7-13(22)10-15(14)20)17(24)11-5-4-6-12(21)9-11/h4-10,16-17,24H,1-3H3,(H,23,25)/t16-,17-/m1/s1. The van der Waals surface area contributed by atoms with Gasteiger partial charge in [-0.05, 0) is 56.2 Å². The maximum absolute atomic E-state index is 12.3. The van der Waals surface area contributed by atoms with E-state index in [1.807, 2.05) is 0 Å². The molecule has 140 valence electrons. The Labute approximate surface area is 171 Å². The number of hydrogen-bond acceptors (Lipinski definition) is 3. The van der Waals surface area contributed by atoms with Crippen molar-refractivity contribution >= 4 is 45.2 Å². The molecule has 0 aromatic heterocycles. The normalized spacial score (nSPS) is 13.8. The van der Waals surface area contributed by atoms with Crippen LogP contribution in [0.3, 0.4) is 0 Å². The van der Waals surface area contributed by atoms with Gasteiger partial charge in [0.2, 0.25) is 0 Å². The zero-order valence-corrected chi connectivity index (χ0v) is 17.7. The highest BCUT2D eigenvalue weighted by atomic mass is 79.9. The third-order valence-electron chi connectivity index (χ3n) is 3.48. The molecule has 0 bridgehead atoms. The lowest BCUT2D eigenvalue weighted by atomic mass is 9.96. The molecule has 0 saturated heterocycles. The third kappa shape index (κ3) is 5.88. The Morgan fingerprint density at radius 2 is 1.81 bits per heavy atom. The van der Waals surface area contributed by atoms with E-state index in [-0.39, 0.29) is 0 Å². The fourth-order valence-corrected chi connectivity index (χ4v) is 3.53. The largest absolute Gasteiger partial charge is 0.444 e. The van der Waals surface area contributed by atoms with Gasteiger partial charge in [0.25, 0.3) is 0 Å². The molecule has 26 heavy (non-hydrogen) atoms. The van der Waals surface area contributed by atoms with E-state index in [0.717, 1.165) is 0 Å². The zero-order valence-electron chi connectivity index (χ0n) is 14.6. The van der Waals surface area contributed by atoms with Gasteiger partial charge in [0.1, 0.15) is 11.7 Å². The Morgan fingerprint density at radius 1 is 1.15 bits per heavy atom. The van der Waals surface area contributed by atoms with E-state index in [4.69, 9.17) is 27.9 Å². The quantitative estimate of drug-likeness (QED) is 0.583. The van der Waals surface area contributed by atoms with Gasteiger partial charge in [-0.3, -0.25) is 0 Å². The summed E-state index contributed by atoms with van der Waals surface area (Å²) in [6.45, 7) is 5.31. The summed E-state index contributed by atoms with van der Waals surface area (Å²) in [5, 5.41) is 14.7. The van der Waals surface area contributed by atoms with E-state index in [1.54, 1.807) is 63.2 Å². The molecule has 0 radical (unpaired) electrons. The van der Waals surface area contributed by atoms with Crippen molar-refractivity contribution in [1.82, 2.24) is 5.32 Å². The second kappa shape index (κ2) is 8.61. The topological polar surface area (TPSA) is 58.6 Å². The van der Waals surface area contributed by atoms with E-state index in [2.05, 4.69) is 21.2 Å². The molecule has 0 saturated carbocycles. The van der Waals surface area contributed by atoms with Crippen molar-refractivity contribution in [3.8, 4) is 0 Å². The summed E-state index contributed by atoms with van der Waals surface area (Å²) in [5.74, 6) is 0. The van der Waals surface area contributed by atoms with E-state index >= 15 is 0 Å². The minimum atomic E-state index is -1.04. The van der Waals surface area contributed by atoms with Crippen molar-refractivity contribution in [2.24, 2.45) is 0 Å². The van der Waals surface area contributed by atoms with Crippen molar-refractivity contribution < 1.29 is 14.6 Å². The molecule has 1 amide bonds. The van der Waals surface area contributed by atoms with Crippen LogP contribution in [0.25, 0.3) is 0 Å². The molecular formula is C19H20BrCl2NO3. The summed E-state index contributed by atoms with van der Waals surface area (Å²) in [6.07, 6.45) is -1.68. The molecule has 4 nitrogen and oxygen atoms in total. The predicted molar refractivity (Wildman–Crippen MR) is 108 cm³/mol. The van der Waals surface area contributed by atoms with Gasteiger partial charge >= 0.3 is 6.09 Å². The number of halogens is 3. The van der Waals surface area contributed by atoms with Crippen molar-refractivity contribution in [3.63, 3.8) is 0 Å². The molecule has 0 spiro atoms. The van der Waals surface area contributed by atoms with Crippen LogP contribution >= 0.6 is 39.1 Å². The summed E-state index contributed by atoms with van der Waals surface area (Å²) < 4.78 is 5.99. The van der Waals surface area contributed by atoms with Crippen molar-refractivity contribution in [3.05, 3.63) is 68.1 Å². The van der Waals surface area contributed by atoms with E-state index in [0.29, 0.717) is 25.6 Å². The maximum atomic E-state index is 12.3. The van der Waals surface area contributed by atoms with E-state index in [1.165, 1.54) is 0 Å². The zero-order chi connectivity index (χ0) is 19.5. The second-order valence-corrected chi connectivity index (χ2v) is 8.52. The Bertz CT molecular complexity index is 793. The minimum Gasteiger partial charge on any atom is -0.444 e. The first-order chi connectivity index (χ1) is 12.1. The number of nitrogens with one attached hydrogen (secondary N) is 1. The average molecular weight is 461 g/mol.